The summed E-state index contributed by atoms with van der Waals surface area (Å²) in [5, 5.41) is 0. The molecule has 0 spiro atoms. The molecule has 3 atom stereocenters. The summed E-state index contributed by atoms with van der Waals surface area (Å²) in [6.07, 6.45) is -0.486. The second-order valence-electron chi connectivity index (χ2n) is 6.64. The zero-order valence-corrected chi connectivity index (χ0v) is 15.9. The first-order chi connectivity index (χ1) is 12.4. The van der Waals surface area contributed by atoms with Crippen molar-refractivity contribution in [3.8, 4) is 0 Å². The van der Waals surface area contributed by atoms with Crippen LogP contribution in [0.5, 0.6) is 0 Å². The standard InChI is InChI=1S/C20H23NO4S/c1-14-9-11-17(12-10-14)26(23,24)21-15(2)19(22)13-18(20(21)25-3)16-7-5-4-6-8-16/h4-12,15,18,20H,13H2,1-3H3/t15-,18+,20+/m0/s1. The zero-order chi connectivity index (χ0) is 18.9. The highest BCUT2D eigenvalue weighted by molar-refractivity contribution is 7.89. The fraction of sp³-hybridized carbons (Fsp3) is 0.350. The van der Waals surface area contributed by atoms with Gasteiger partial charge in [0.2, 0.25) is 10.0 Å². The number of ketones is 1. The smallest absolute Gasteiger partial charge is 0.245 e. The van der Waals surface area contributed by atoms with Gasteiger partial charge in [-0.1, -0.05) is 48.0 Å². The molecule has 1 aliphatic rings. The normalized spacial score (nSPS) is 24.6. The number of hydrogen-bond acceptors (Lipinski definition) is 4. The third-order valence-corrected chi connectivity index (χ3v) is 6.88. The van der Waals surface area contributed by atoms with E-state index in [1.165, 1.54) is 11.4 Å². The number of hydrogen-bond donors (Lipinski definition) is 0. The number of methoxy groups -OCH3 is 1. The highest BCUT2D eigenvalue weighted by Gasteiger charge is 2.47. The summed E-state index contributed by atoms with van der Waals surface area (Å²) in [6.45, 7) is 3.52. The Morgan fingerprint density at radius 2 is 1.65 bits per heavy atom. The second kappa shape index (κ2) is 7.31. The molecule has 0 aliphatic carbocycles. The van der Waals surface area contributed by atoms with Crippen LogP contribution in [-0.4, -0.2) is 37.9 Å². The van der Waals surface area contributed by atoms with Gasteiger partial charge in [-0.05, 0) is 31.5 Å². The summed E-state index contributed by atoms with van der Waals surface area (Å²) >= 11 is 0. The van der Waals surface area contributed by atoms with E-state index in [0.717, 1.165) is 11.1 Å². The molecule has 0 aromatic heterocycles. The van der Waals surface area contributed by atoms with E-state index in [1.807, 2.05) is 37.3 Å². The largest absolute Gasteiger partial charge is 0.365 e. The Morgan fingerprint density at radius 1 is 1.04 bits per heavy atom. The number of carbonyl (C=O) groups excluding carboxylic acids is 1. The van der Waals surface area contributed by atoms with Gasteiger partial charge in [-0.15, -0.1) is 0 Å². The van der Waals surface area contributed by atoms with Gasteiger partial charge >= 0.3 is 0 Å². The number of Topliss-reactive ketones (excluding diaryl/α,β-unsaturated/α-hetero) is 1. The molecule has 0 unspecified atom stereocenters. The van der Waals surface area contributed by atoms with Crippen LogP contribution in [0.25, 0.3) is 0 Å². The first-order valence-corrected chi connectivity index (χ1v) is 10.0. The van der Waals surface area contributed by atoms with E-state index in [-0.39, 0.29) is 23.0 Å². The van der Waals surface area contributed by atoms with Crippen molar-refractivity contribution in [2.75, 3.05) is 7.11 Å². The molecule has 138 valence electrons. The first-order valence-electron chi connectivity index (χ1n) is 8.57. The average Bonchev–Trinajstić information content (AvgIpc) is 2.64. The lowest BCUT2D eigenvalue weighted by Gasteiger charge is -2.42. The molecule has 2 aromatic carbocycles. The van der Waals surface area contributed by atoms with Crippen LogP contribution >= 0.6 is 0 Å². The topological polar surface area (TPSA) is 63.7 Å². The molecule has 1 saturated heterocycles. The minimum atomic E-state index is -3.88. The molecule has 3 rings (SSSR count). The molecule has 0 bridgehead atoms. The number of aryl methyl sites for hydroxylation is 1. The summed E-state index contributed by atoms with van der Waals surface area (Å²) < 4.78 is 33.4. The van der Waals surface area contributed by atoms with Crippen molar-refractivity contribution in [3.63, 3.8) is 0 Å². The van der Waals surface area contributed by atoms with E-state index in [0.29, 0.717) is 0 Å². The van der Waals surface area contributed by atoms with E-state index in [9.17, 15) is 13.2 Å². The van der Waals surface area contributed by atoms with Gasteiger partial charge in [0.1, 0.15) is 6.23 Å². The molecule has 1 fully saturated rings. The predicted octanol–water partition coefficient (Wildman–Crippen LogP) is 3.10. The maximum Gasteiger partial charge on any atom is 0.245 e. The van der Waals surface area contributed by atoms with Crippen LogP contribution in [0, 0.1) is 6.92 Å². The van der Waals surface area contributed by atoms with Gasteiger partial charge in [0.15, 0.2) is 5.78 Å². The molecule has 1 aliphatic heterocycles. The van der Waals surface area contributed by atoms with E-state index in [1.54, 1.807) is 31.2 Å². The zero-order valence-electron chi connectivity index (χ0n) is 15.1. The van der Waals surface area contributed by atoms with Gasteiger partial charge in [0.05, 0.1) is 10.9 Å². The van der Waals surface area contributed by atoms with Gasteiger partial charge in [-0.3, -0.25) is 4.79 Å². The number of sulfonamides is 1. The Bertz CT molecular complexity index is 878. The molecule has 0 radical (unpaired) electrons. The van der Waals surface area contributed by atoms with Gasteiger partial charge in [0.25, 0.3) is 0 Å². The van der Waals surface area contributed by atoms with Crippen LogP contribution in [0.2, 0.25) is 0 Å². The van der Waals surface area contributed by atoms with Gasteiger partial charge in [0, 0.05) is 19.4 Å². The van der Waals surface area contributed by atoms with Crippen molar-refractivity contribution >= 4 is 15.8 Å². The molecule has 6 heteroatoms. The summed E-state index contributed by atoms with van der Waals surface area (Å²) in [7, 11) is -2.39. The van der Waals surface area contributed by atoms with Crippen LogP contribution in [0.1, 0.15) is 30.4 Å². The maximum absolute atomic E-state index is 13.3. The average molecular weight is 373 g/mol. The van der Waals surface area contributed by atoms with Gasteiger partial charge < -0.3 is 4.74 Å². The highest BCUT2D eigenvalue weighted by Crippen LogP contribution is 2.37. The molecule has 0 saturated carbocycles. The lowest BCUT2D eigenvalue weighted by molar-refractivity contribution is -0.134. The van der Waals surface area contributed by atoms with E-state index >= 15 is 0 Å². The lowest BCUT2D eigenvalue weighted by Crippen LogP contribution is -2.56. The van der Waals surface area contributed by atoms with Crippen LogP contribution < -0.4 is 0 Å². The number of rotatable bonds is 4. The third-order valence-electron chi connectivity index (χ3n) is 4.93. The second-order valence-corrected chi connectivity index (χ2v) is 8.48. The van der Waals surface area contributed by atoms with E-state index < -0.39 is 22.3 Å². The van der Waals surface area contributed by atoms with Crippen molar-refractivity contribution < 1.29 is 17.9 Å². The fourth-order valence-corrected chi connectivity index (χ4v) is 5.22. The van der Waals surface area contributed by atoms with Crippen molar-refractivity contribution in [1.82, 2.24) is 4.31 Å². The number of nitrogens with zero attached hydrogens (tertiary/aromatic N) is 1. The minimum absolute atomic E-state index is 0.108. The maximum atomic E-state index is 13.3. The first kappa shape index (κ1) is 18.8. The number of carbonyl (C=O) groups is 1. The van der Waals surface area contributed by atoms with Crippen molar-refractivity contribution in [2.24, 2.45) is 0 Å². The summed E-state index contributed by atoms with van der Waals surface area (Å²) in [4.78, 5) is 12.8. The fourth-order valence-electron chi connectivity index (χ4n) is 3.46. The van der Waals surface area contributed by atoms with Crippen LogP contribution in [-0.2, 0) is 19.6 Å². The van der Waals surface area contributed by atoms with Gasteiger partial charge in [-0.25, -0.2) is 8.42 Å². The number of piperidine rings is 1. The summed E-state index contributed by atoms with van der Waals surface area (Å²) in [6, 6.07) is 15.3. The lowest BCUT2D eigenvalue weighted by atomic mass is 9.86. The van der Waals surface area contributed by atoms with Crippen molar-refractivity contribution in [2.45, 2.75) is 43.4 Å². The Kier molecular flexibility index (Phi) is 5.27. The molecule has 0 amide bonds. The van der Waals surface area contributed by atoms with Gasteiger partial charge in [-0.2, -0.15) is 4.31 Å². The number of benzene rings is 2. The molecule has 2 aromatic rings. The molecule has 26 heavy (non-hydrogen) atoms. The monoisotopic (exact) mass is 373 g/mol. The Morgan fingerprint density at radius 3 is 2.23 bits per heavy atom. The third kappa shape index (κ3) is 3.32. The van der Waals surface area contributed by atoms with Crippen LogP contribution in [0.3, 0.4) is 0 Å². The Hall–Kier alpha value is -2.02. The minimum Gasteiger partial charge on any atom is -0.365 e. The summed E-state index contributed by atoms with van der Waals surface area (Å²) in [5.74, 6) is -0.451. The van der Waals surface area contributed by atoms with E-state index in [4.69, 9.17) is 4.74 Å². The Balaban J connectivity index is 2.07. The predicted molar refractivity (Wildman–Crippen MR) is 99.3 cm³/mol. The van der Waals surface area contributed by atoms with Crippen LogP contribution in [0.4, 0.5) is 0 Å². The molecule has 0 N–H and O–H groups in total. The molecular formula is C20H23NO4S. The van der Waals surface area contributed by atoms with Crippen LogP contribution in [0.15, 0.2) is 59.5 Å². The van der Waals surface area contributed by atoms with Crippen molar-refractivity contribution in [1.29, 1.82) is 0 Å². The molecular weight excluding hydrogens is 350 g/mol. The molecule has 5 nitrogen and oxygen atoms in total. The Labute approximate surface area is 154 Å². The summed E-state index contributed by atoms with van der Waals surface area (Å²) in [5.41, 5.74) is 1.86. The SMILES string of the molecule is CO[C@@H]1[C@@H](c2ccccc2)CC(=O)[C@H](C)N1S(=O)(=O)c1ccc(C)cc1. The number of ether oxygens (including phenoxy) is 1. The highest BCUT2D eigenvalue weighted by atomic mass is 32.2. The molecule has 1 heterocycles. The van der Waals surface area contributed by atoms with Crippen molar-refractivity contribution in [3.05, 3.63) is 65.7 Å². The quantitative estimate of drug-likeness (QED) is 0.826. The van der Waals surface area contributed by atoms with E-state index in [2.05, 4.69) is 0 Å².